The first-order valence-electron chi connectivity index (χ1n) is 8.84. The van der Waals surface area contributed by atoms with Gasteiger partial charge in [0.25, 0.3) is 0 Å². The third-order valence-corrected chi connectivity index (χ3v) is 4.55. The first-order chi connectivity index (χ1) is 12.7. The molecule has 1 aliphatic heterocycles. The Labute approximate surface area is 152 Å². The van der Waals surface area contributed by atoms with E-state index in [1.54, 1.807) is 0 Å². The van der Waals surface area contributed by atoms with Crippen molar-refractivity contribution in [3.05, 3.63) is 59.5 Å². The summed E-state index contributed by atoms with van der Waals surface area (Å²) in [5.74, 6) is 2.02. The second-order valence-corrected chi connectivity index (χ2v) is 6.42. The minimum absolute atomic E-state index is 0.121. The standard InChI is InChI=1S/C20H22N4O2/c1-13-5-4-8-17-19(13)24-18(26-17)9-11-22-20(21)23-15-10-12-25-16-7-3-2-6-14(15)16/h2-8,15H,9-12H2,1H3,(H3,21,22,23). The van der Waals surface area contributed by atoms with E-state index in [-0.39, 0.29) is 6.04 Å². The predicted molar refractivity (Wildman–Crippen MR) is 101 cm³/mol. The van der Waals surface area contributed by atoms with Crippen LogP contribution in [0.15, 0.2) is 51.9 Å². The molecular formula is C20H22N4O2. The largest absolute Gasteiger partial charge is 0.493 e. The fourth-order valence-corrected chi connectivity index (χ4v) is 3.23. The van der Waals surface area contributed by atoms with E-state index >= 15 is 0 Å². The van der Waals surface area contributed by atoms with Gasteiger partial charge >= 0.3 is 0 Å². The maximum Gasteiger partial charge on any atom is 0.197 e. The summed E-state index contributed by atoms with van der Waals surface area (Å²) in [6, 6.07) is 14.1. The summed E-state index contributed by atoms with van der Waals surface area (Å²) in [6.45, 7) is 3.22. The molecule has 0 fully saturated rings. The van der Waals surface area contributed by atoms with Gasteiger partial charge < -0.3 is 20.2 Å². The molecule has 0 amide bonds. The fourth-order valence-electron chi connectivity index (χ4n) is 3.23. The Hall–Kier alpha value is -3.02. The van der Waals surface area contributed by atoms with Crippen LogP contribution >= 0.6 is 0 Å². The number of aryl methyl sites for hydroxylation is 1. The number of nitrogens with zero attached hydrogens (tertiary/aromatic N) is 2. The number of nitrogens with two attached hydrogens (primary N) is 1. The number of para-hydroxylation sites is 2. The number of oxazole rings is 1. The van der Waals surface area contributed by atoms with Gasteiger partial charge in [0, 0.05) is 18.4 Å². The van der Waals surface area contributed by atoms with Gasteiger partial charge in [-0.15, -0.1) is 0 Å². The van der Waals surface area contributed by atoms with Gasteiger partial charge in [-0.2, -0.15) is 0 Å². The molecule has 4 rings (SSSR count). The van der Waals surface area contributed by atoms with Crippen molar-refractivity contribution in [3.8, 4) is 5.75 Å². The molecule has 0 radical (unpaired) electrons. The van der Waals surface area contributed by atoms with Crippen molar-refractivity contribution >= 4 is 17.1 Å². The smallest absolute Gasteiger partial charge is 0.197 e. The van der Waals surface area contributed by atoms with Gasteiger partial charge in [-0.05, 0) is 24.6 Å². The van der Waals surface area contributed by atoms with Crippen molar-refractivity contribution in [2.45, 2.75) is 25.8 Å². The third kappa shape index (κ3) is 3.35. The first-order valence-corrected chi connectivity index (χ1v) is 8.84. The maximum atomic E-state index is 6.07. The Morgan fingerprint density at radius 2 is 2.15 bits per heavy atom. The van der Waals surface area contributed by atoms with Crippen LogP contribution in [0.4, 0.5) is 0 Å². The lowest BCUT2D eigenvalue weighted by Crippen LogP contribution is -2.37. The van der Waals surface area contributed by atoms with Gasteiger partial charge in [0.15, 0.2) is 17.4 Å². The van der Waals surface area contributed by atoms with Crippen LogP contribution in [0.1, 0.15) is 29.5 Å². The summed E-state index contributed by atoms with van der Waals surface area (Å²) in [4.78, 5) is 8.96. The van der Waals surface area contributed by atoms with Crippen LogP contribution in [0.25, 0.3) is 11.1 Å². The molecule has 0 saturated heterocycles. The molecule has 0 spiro atoms. The molecule has 134 valence electrons. The zero-order chi connectivity index (χ0) is 17.9. The Balaban J connectivity index is 1.39. The van der Waals surface area contributed by atoms with E-state index in [9.17, 15) is 0 Å². The van der Waals surface area contributed by atoms with Crippen molar-refractivity contribution < 1.29 is 9.15 Å². The molecule has 0 bridgehead atoms. The minimum atomic E-state index is 0.121. The van der Waals surface area contributed by atoms with Gasteiger partial charge in [0.1, 0.15) is 11.3 Å². The number of aliphatic imine (C=N–C) groups is 1. The Bertz CT molecular complexity index is 948. The molecule has 0 aliphatic carbocycles. The molecule has 6 nitrogen and oxygen atoms in total. The number of guanidine groups is 1. The molecule has 1 aliphatic rings. The second kappa shape index (κ2) is 7.07. The summed E-state index contributed by atoms with van der Waals surface area (Å²) in [6.07, 6.45) is 1.47. The molecule has 3 aromatic rings. The zero-order valence-electron chi connectivity index (χ0n) is 14.7. The predicted octanol–water partition coefficient (Wildman–Crippen LogP) is 3.11. The lowest BCUT2D eigenvalue weighted by molar-refractivity contribution is 0.262. The molecule has 1 unspecified atom stereocenters. The van der Waals surface area contributed by atoms with Gasteiger partial charge in [-0.3, -0.25) is 4.99 Å². The summed E-state index contributed by atoms with van der Waals surface area (Å²) in [5, 5.41) is 3.29. The molecule has 3 N–H and O–H groups in total. The first kappa shape index (κ1) is 16.4. The topological polar surface area (TPSA) is 85.7 Å². The molecule has 0 saturated carbocycles. The van der Waals surface area contributed by atoms with E-state index in [1.807, 2.05) is 43.3 Å². The SMILES string of the molecule is Cc1cccc2oc(CCN=C(N)NC3CCOc4ccccc43)nc12. The van der Waals surface area contributed by atoms with Gasteiger partial charge in [-0.25, -0.2) is 4.98 Å². The van der Waals surface area contributed by atoms with Crippen LogP contribution in [0.3, 0.4) is 0 Å². The second-order valence-electron chi connectivity index (χ2n) is 6.42. The number of hydrogen-bond donors (Lipinski definition) is 2. The van der Waals surface area contributed by atoms with E-state index in [0.29, 0.717) is 31.4 Å². The van der Waals surface area contributed by atoms with E-state index in [4.69, 9.17) is 14.9 Å². The van der Waals surface area contributed by atoms with Crippen LogP contribution in [-0.4, -0.2) is 24.1 Å². The number of aromatic nitrogens is 1. The molecule has 1 atom stereocenters. The summed E-state index contributed by atoms with van der Waals surface area (Å²) in [5.41, 5.74) is 10.0. The van der Waals surface area contributed by atoms with Crippen molar-refractivity contribution in [2.75, 3.05) is 13.2 Å². The van der Waals surface area contributed by atoms with E-state index in [1.165, 1.54) is 0 Å². The number of ether oxygens (including phenoxy) is 1. The number of hydrogen-bond acceptors (Lipinski definition) is 4. The van der Waals surface area contributed by atoms with Crippen molar-refractivity contribution in [1.29, 1.82) is 0 Å². The highest BCUT2D eigenvalue weighted by Gasteiger charge is 2.21. The number of benzene rings is 2. The quantitative estimate of drug-likeness (QED) is 0.558. The molecule has 2 aromatic carbocycles. The third-order valence-electron chi connectivity index (χ3n) is 4.55. The average Bonchev–Trinajstić information content (AvgIpc) is 3.06. The van der Waals surface area contributed by atoms with Crippen molar-refractivity contribution in [3.63, 3.8) is 0 Å². The van der Waals surface area contributed by atoms with Crippen molar-refractivity contribution in [1.82, 2.24) is 10.3 Å². The van der Waals surface area contributed by atoms with Crippen LogP contribution in [0.5, 0.6) is 5.75 Å². The van der Waals surface area contributed by atoms with E-state index in [2.05, 4.69) is 21.4 Å². The fraction of sp³-hybridized carbons (Fsp3) is 0.300. The molecule has 1 aromatic heterocycles. The minimum Gasteiger partial charge on any atom is -0.493 e. The Morgan fingerprint density at radius 3 is 3.04 bits per heavy atom. The lowest BCUT2D eigenvalue weighted by Gasteiger charge is -2.26. The van der Waals surface area contributed by atoms with Crippen LogP contribution in [0, 0.1) is 6.92 Å². The number of fused-ring (bicyclic) bond motifs is 2. The highest BCUT2D eigenvalue weighted by Crippen LogP contribution is 2.31. The maximum absolute atomic E-state index is 6.07. The van der Waals surface area contributed by atoms with Gasteiger partial charge in [0.05, 0.1) is 19.2 Å². The van der Waals surface area contributed by atoms with Gasteiger partial charge in [-0.1, -0.05) is 30.3 Å². The number of nitrogens with one attached hydrogen (secondary N) is 1. The Morgan fingerprint density at radius 1 is 1.27 bits per heavy atom. The zero-order valence-corrected chi connectivity index (χ0v) is 14.7. The van der Waals surface area contributed by atoms with Crippen LogP contribution < -0.4 is 15.8 Å². The van der Waals surface area contributed by atoms with E-state index < -0.39 is 0 Å². The normalized spacial score (nSPS) is 17.0. The van der Waals surface area contributed by atoms with Crippen LogP contribution in [0.2, 0.25) is 0 Å². The monoisotopic (exact) mass is 350 g/mol. The summed E-state index contributed by atoms with van der Waals surface area (Å²) >= 11 is 0. The Kier molecular flexibility index (Phi) is 4.48. The average molecular weight is 350 g/mol. The molecular weight excluding hydrogens is 328 g/mol. The summed E-state index contributed by atoms with van der Waals surface area (Å²) < 4.78 is 11.4. The van der Waals surface area contributed by atoms with Gasteiger partial charge in [0.2, 0.25) is 0 Å². The highest BCUT2D eigenvalue weighted by molar-refractivity contribution is 5.78. The molecule has 6 heteroatoms. The summed E-state index contributed by atoms with van der Waals surface area (Å²) in [7, 11) is 0. The highest BCUT2D eigenvalue weighted by atomic mass is 16.5. The van der Waals surface area contributed by atoms with Crippen molar-refractivity contribution in [2.24, 2.45) is 10.7 Å². The molecule has 26 heavy (non-hydrogen) atoms. The lowest BCUT2D eigenvalue weighted by atomic mass is 10.0. The molecule has 2 heterocycles. The van der Waals surface area contributed by atoms with E-state index in [0.717, 1.165) is 34.4 Å². The van der Waals surface area contributed by atoms with Crippen LogP contribution in [-0.2, 0) is 6.42 Å². The number of rotatable bonds is 4.